The molecule has 1 N–H and O–H groups in total. The van der Waals surface area contributed by atoms with Crippen LogP contribution in [0, 0.1) is 0 Å². The molecule has 1 aromatic carbocycles. The highest BCUT2D eigenvalue weighted by atomic mass is 32.1. The highest BCUT2D eigenvalue weighted by Gasteiger charge is 2.22. The first-order valence-electron chi connectivity index (χ1n) is 11.8. The van der Waals surface area contributed by atoms with E-state index in [1.807, 2.05) is 11.0 Å². The van der Waals surface area contributed by atoms with Crippen molar-refractivity contribution in [1.29, 1.82) is 0 Å². The molecule has 8 heteroatoms. The van der Waals surface area contributed by atoms with Crippen LogP contribution in [0.2, 0.25) is 0 Å². The third-order valence-corrected chi connectivity index (χ3v) is 7.49. The molecule has 2 aliphatic rings. The Labute approximate surface area is 194 Å². The van der Waals surface area contributed by atoms with Crippen molar-refractivity contribution in [2.75, 3.05) is 38.0 Å². The lowest BCUT2D eigenvalue weighted by atomic mass is 9.90. The molecule has 1 saturated carbocycles. The Kier molecular flexibility index (Phi) is 8.23. The highest BCUT2D eigenvalue weighted by molar-refractivity contribution is 7.15. The smallest absolute Gasteiger partial charge is 0.226 e. The minimum Gasteiger partial charge on any atom is -0.340 e. The molecular weight excluding hydrogens is 422 g/mol. The number of aromatic nitrogens is 2. The SMILES string of the molecule is O=C(CCC(=O)N1CCN(CCc2ccccc2)CC1)Nc1nnc(C2CCCCC2)s1. The van der Waals surface area contributed by atoms with E-state index in [2.05, 4.69) is 44.7 Å². The Morgan fingerprint density at radius 2 is 1.72 bits per heavy atom. The summed E-state index contributed by atoms with van der Waals surface area (Å²) in [5, 5.41) is 12.8. The fourth-order valence-corrected chi connectivity index (χ4v) is 5.44. The van der Waals surface area contributed by atoms with Gasteiger partial charge in [-0.25, -0.2) is 0 Å². The normalized spacial score (nSPS) is 17.9. The second-order valence-electron chi connectivity index (χ2n) is 8.79. The first-order valence-corrected chi connectivity index (χ1v) is 12.7. The third-order valence-electron chi connectivity index (χ3n) is 6.49. The fourth-order valence-electron chi connectivity index (χ4n) is 4.51. The van der Waals surface area contributed by atoms with E-state index in [0.29, 0.717) is 11.0 Å². The number of benzene rings is 1. The maximum Gasteiger partial charge on any atom is 0.226 e. The number of nitrogens with one attached hydrogen (secondary N) is 1. The lowest BCUT2D eigenvalue weighted by Gasteiger charge is -2.34. The van der Waals surface area contributed by atoms with Crippen molar-refractivity contribution in [3.63, 3.8) is 0 Å². The second-order valence-corrected chi connectivity index (χ2v) is 9.80. The van der Waals surface area contributed by atoms with Crippen molar-refractivity contribution >= 4 is 28.3 Å². The van der Waals surface area contributed by atoms with E-state index in [9.17, 15) is 9.59 Å². The van der Waals surface area contributed by atoms with Crippen molar-refractivity contribution < 1.29 is 9.59 Å². The molecule has 0 atom stereocenters. The predicted molar refractivity (Wildman–Crippen MR) is 127 cm³/mol. The van der Waals surface area contributed by atoms with Crippen LogP contribution in [0.5, 0.6) is 0 Å². The minimum atomic E-state index is -0.161. The lowest BCUT2D eigenvalue weighted by molar-refractivity contribution is -0.134. The fraction of sp³-hybridized carbons (Fsp3) is 0.583. The van der Waals surface area contributed by atoms with Crippen LogP contribution in [0.25, 0.3) is 0 Å². The number of carbonyl (C=O) groups is 2. The maximum absolute atomic E-state index is 12.6. The molecule has 1 aliphatic carbocycles. The van der Waals surface area contributed by atoms with E-state index in [1.165, 1.54) is 36.2 Å². The highest BCUT2D eigenvalue weighted by Crippen LogP contribution is 2.35. The first-order chi connectivity index (χ1) is 15.7. The van der Waals surface area contributed by atoms with Crippen LogP contribution >= 0.6 is 11.3 Å². The molecule has 2 heterocycles. The third kappa shape index (κ3) is 6.59. The Hall–Kier alpha value is -2.32. The van der Waals surface area contributed by atoms with E-state index in [0.717, 1.165) is 57.0 Å². The molecule has 4 rings (SSSR count). The molecule has 1 aliphatic heterocycles. The second kappa shape index (κ2) is 11.5. The van der Waals surface area contributed by atoms with E-state index < -0.39 is 0 Å². The van der Waals surface area contributed by atoms with Gasteiger partial charge in [0, 0.05) is 51.5 Å². The van der Waals surface area contributed by atoms with E-state index in [4.69, 9.17) is 0 Å². The van der Waals surface area contributed by atoms with Crippen LogP contribution in [-0.4, -0.2) is 64.5 Å². The number of nitrogens with zero attached hydrogens (tertiary/aromatic N) is 4. The summed E-state index contributed by atoms with van der Waals surface area (Å²) in [6.45, 7) is 4.25. The van der Waals surface area contributed by atoms with Crippen LogP contribution in [0.1, 0.15) is 61.4 Å². The molecule has 0 unspecified atom stereocenters. The lowest BCUT2D eigenvalue weighted by Crippen LogP contribution is -2.49. The average Bonchev–Trinajstić information content (AvgIpc) is 3.31. The average molecular weight is 456 g/mol. The molecule has 0 spiro atoms. The van der Waals surface area contributed by atoms with Crippen LogP contribution in [0.3, 0.4) is 0 Å². The molecule has 7 nitrogen and oxygen atoms in total. The number of piperazine rings is 1. The van der Waals surface area contributed by atoms with Gasteiger partial charge >= 0.3 is 0 Å². The van der Waals surface area contributed by atoms with Crippen LogP contribution in [0.15, 0.2) is 30.3 Å². The van der Waals surface area contributed by atoms with Crippen molar-refractivity contribution in [2.24, 2.45) is 0 Å². The molecule has 2 amide bonds. The number of hydrogen-bond acceptors (Lipinski definition) is 6. The number of hydrogen-bond donors (Lipinski definition) is 1. The monoisotopic (exact) mass is 455 g/mol. The summed E-state index contributed by atoms with van der Waals surface area (Å²) in [6.07, 6.45) is 7.58. The van der Waals surface area contributed by atoms with Gasteiger partial charge in [-0.1, -0.05) is 60.9 Å². The summed E-state index contributed by atoms with van der Waals surface area (Å²) in [4.78, 5) is 29.2. The summed E-state index contributed by atoms with van der Waals surface area (Å²) >= 11 is 1.48. The molecule has 2 aromatic rings. The van der Waals surface area contributed by atoms with Gasteiger partial charge in [0.15, 0.2) is 0 Å². The largest absolute Gasteiger partial charge is 0.340 e. The quantitative estimate of drug-likeness (QED) is 0.657. The first kappa shape index (κ1) is 22.9. The molecule has 172 valence electrons. The zero-order chi connectivity index (χ0) is 22.2. The topological polar surface area (TPSA) is 78.4 Å². The Balaban J connectivity index is 1.13. The molecule has 0 bridgehead atoms. The van der Waals surface area contributed by atoms with Gasteiger partial charge in [-0.05, 0) is 24.8 Å². The number of carbonyl (C=O) groups excluding carboxylic acids is 2. The molecule has 1 aromatic heterocycles. The Bertz CT molecular complexity index is 874. The standard InChI is InChI=1S/C24H33N5O2S/c30-21(25-24-27-26-23(32-24)20-9-5-2-6-10-20)11-12-22(31)29-17-15-28(16-18-29)14-13-19-7-3-1-4-8-19/h1,3-4,7-8,20H,2,5-6,9-18H2,(H,25,27,30). The summed E-state index contributed by atoms with van der Waals surface area (Å²) in [5.41, 5.74) is 1.35. The summed E-state index contributed by atoms with van der Waals surface area (Å²) < 4.78 is 0. The molecule has 0 radical (unpaired) electrons. The molecular formula is C24H33N5O2S. The van der Waals surface area contributed by atoms with Crippen LogP contribution in [0.4, 0.5) is 5.13 Å². The molecule has 2 fully saturated rings. The number of anilines is 1. The van der Waals surface area contributed by atoms with Crippen molar-refractivity contribution in [3.8, 4) is 0 Å². The van der Waals surface area contributed by atoms with Gasteiger partial charge in [0.05, 0.1) is 0 Å². The summed E-state index contributed by atoms with van der Waals surface area (Å²) in [7, 11) is 0. The zero-order valence-electron chi connectivity index (χ0n) is 18.7. The number of amides is 2. The van der Waals surface area contributed by atoms with Crippen molar-refractivity contribution in [2.45, 2.75) is 57.3 Å². The number of rotatable bonds is 8. The van der Waals surface area contributed by atoms with Gasteiger partial charge in [-0.2, -0.15) is 0 Å². The Morgan fingerprint density at radius 3 is 2.47 bits per heavy atom. The predicted octanol–water partition coefficient (Wildman–Crippen LogP) is 3.69. The minimum absolute atomic E-state index is 0.0583. The zero-order valence-corrected chi connectivity index (χ0v) is 19.5. The Morgan fingerprint density at radius 1 is 0.969 bits per heavy atom. The van der Waals surface area contributed by atoms with Crippen molar-refractivity contribution in [1.82, 2.24) is 20.0 Å². The van der Waals surface area contributed by atoms with Gasteiger partial charge in [0.25, 0.3) is 0 Å². The summed E-state index contributed by atoms with van der Waals surface area (Å²) in [6, 6.07) is 10.5. The molecule has 1 saturated heterocycles. The van der Waals surface area contributed by atoms with E-state index in [-0.39, 0.29) is 24.7 Å². The van der Waals surface area contributed by atoms with E-state index in [1.54, 1.807) is 0 Å². The van der Waals surface area contributed by atoms with E-state index >= 15 is 0 Å². The van der Waals surface area contributed by atoms with Gasteiger partial charge in [0.1, 0.15) is 5.01 Å². The van der Waals surface area contributed by atoms with Crippen LogP contribution < -0.4 is 5.32 Å². The van der Waals surface area contributed by atoms with Crippen molar-refractivity contribution in [3.05, 3.63) is 40.9 Å². The molecule has 32 heavy (non-hydrogen) atoms. The van der Waals surface area contributed by atoms with Gasteiger partial charge in [-0.3, -0.25) is 14.5 Å². The summed E-state index contributed by atoms with van der Waals surface area (Å²) in [5.74, 6) is 0.383. The van der Waals surface area contributed by atoms with Crippen LogP contribution in [-0.2, 0) is 16.0 Å². The van der Waals surface area contributed by atoms with Gasteiger partial charge in [-0.15, -0.1) is 10.2 Å². The van der Waals surface area contributed by atoms with Gasteiger partial charge in [0.2, 0.25) is 16.9 Å². The van der Waals surface area contributed by atoms with Gasteiger partial charge < -0.3 is 10.2 Å². The maximum atomic E-state index is 12.6.